The van der Waals surface area contributed by atoms with E-state index >= 15 is 0 Å². The number of amides is 1. The van der Waals surface area contributed by atoms with Crippen molar-refractivity contribution in [1.82, 2.24) is 5.32 Å². The summed E-state index contributed by atoms with van der Waals surface area (Å²) < 4.78 is 22.8. The Kier molecular flexibility index (Phi) is 9.71. The van der Waals surface area contributed by atoms with Crippen LogP contribution in [0, 0.1) is 11.3 Å². The summed E-state index contributed by atoms with van der Waals surface area (Å²) in [6.07, 6.45) is 0.390. The quantitative estimate of drug-likeness (QED) is 0.361. The first-order valence-corrected chi connectivity index (χ1v) is 12.6. The molecule has 1 aliphatic rings. The van der Waals surface area contributed by atoms with Gasteiger partial charge in [-0.2, -0.15) is 5.26 Å². The monoisotopic (exact) mass is 515 g/mol. The fraction of sp³-hybridized carbons (Fsp3) is 0.333. The molecule has 8 nitrogen and oxygen atoms in total. The number of para-hydroxylation sites is 1. The van der Waals surface area contributed by atoms with Gasteiger partial charge in [0, 0.05) is 31.3 Å². The molecule has 1 aliphatic heterocycles. The maximum absolute atomic E-state index is 13.0. The fourth-order valence-electron chi connectivity index (χ4n) is 4.59. The number of piperazine rings is 1. The molecular weight excluding hydrogens is 482 g/mol. The lowest BCUT2D eigenvalue weighted by Crippen LogP contribution is -2.57. The smallest absolute Gasteiger partial charge is 0.241 e. The van der Waals surface area contributed by atoms with E-state index in [0.29, 0.717) is 31.9 Å². The Labute approximate surface area is 223 Å². The van der Waals surface area contributed by atoms with E-state index in [2.05, 4.69) is 11.4 Å². The van der Waals surface area contributed by atoms with Crippen LogP contribution in [0.15, 0.2) is 72.8 Å². The predicted octanol–water partition coefficient (Wildman–Crippen LogP) is 4.25. The van der Waals surface area contributed by atoms with E-state index in [-0.39, 0.29) is 24.6 Å². The topological polar surface area (TPSA) is 93.1 Å². The number of nitrogens with zero attached hydrogens (tertiary/aromatic N) is 2. The zero-order valence-electron chi connectivity index (χ0n) is 21.8. The third-order valence-electron chi connectivity index (χ3n) is 6.47. The lowest BCUT2D eigenvalue weighted by molar-refractivity contribution is -0.120. The van der Waals surface area contributed by atoms with E-state index in [0.717, 1.165) is 34.7 Å². The molecule has 1 heterocycles. The molecule has 3 aromatic carbocycles. The van der Waals surface area contributed by atoms with Crippen molar-refractivity contribution in [2.45, 2.75) is 25.2 Å². The second-order valence-corrected chi connectivity index (χ2v) is 8.91. The molecule has 3 aromatic rings. The molecule has 1 saturated heterocycles. The van der Waals surface area contributed by atoms with Crippen LogP contribution in [-0.2, 0) is 20.9 Å². The molecule has 1 amide bonds. The van der Waals surface area contributed by atoms with Gasteiger partial charge in [-0.25, -0.2) is 0 Å². The highest BCUT2D eigenvalue weighted by molar-refractivity contribution is 5.96. The van der Waals surface area contributed by atoms with Gasteiger partial charge in [-0.05, 0) is 48.0 Å². The summed E-state index contributed by atoms with van der Waals surface area (Å²) >= 11 is 0. The van der Waals surface area contributed by atoms with Crippen molar-refractivity contribution >= 4 is 11.6 Å². The van der Waals surface area contributed by atoms with Crippen LogP contribution in [0.5, 0.6) is 11.5 Å². The number of benzene rings is 3. The number of carbonyl (C=O) groups is 1. The van der Waals surface area contributed by atoms with Crippen LogP contribution in [0.3, 0.4) is 0 Å². The van der Waals surface area contributed by atoms with Gasteiger partial charge in [-0.3, -0.25) is 4.79 Å². The minimum absolute atomic E-state index is 0.0298. The number of rotatable bonds is 12. The van der Waals surface area contributed by atoms with E-state index in [1.165, 1.54) is 0 Å². The largest absolute Gasteiger partial charge is 0.496 e. The summed E-state index contributed by atoms with van der Waals surface area (Å²) in [4.78, 5) is 14.8. The number of methoxy groups -OCH3 is 2. The molecule has 2 unspecified atom stereocenters. The van der Waals surface area contributed by atoms with Gasteiger partial charge in [0.2, 0.25) is 5.91 Å². The molecular formula is C30H33N3O5. The van der Waals surface area contributed by atoms with Crippen LogP contribution < -0.4 is 19.7 Å². The third-order valence-corrected chi connectivity index (χ3v) is 6.47. The van der Waals surface area contributed by atoms with Crippen molar-refractivity contribution in [3.05, 3.63) is 89.5 Å². The number of ether oxygens (including phenoxy) is 4. The predicted molar refractivity (Wildman–Crippen MR) is 144 cm³/mol. The Hall–Kier alpha value is -3.90. The van der Waals surface area contributed by atoms with Crippen LogP contribution in [-0.4, -0.2) is 52.5 Å². The Bertz CT molecular complexity index is 1220. The average Bonchev–Trinajstić information content (AvgIpc) is 2.96. The second kappa shape index (κ2) is 13.6. The number of anilines is 1. The van der Waals surface area contributed by atoms with Gasteiger partial charge < -0.3 is 29.2 Å². The SMILES string of the molecule is COc1ccccc1COCCCOc1ccc(N2C(=O)CNCC2C(OC)c2ccc(C#N)cc2)cc1. The second-order valence-electron chi connectivity index (χ2n) is 8.91. The van der Waals surface area contributed by atoms with Gasteiger partial charge in [0.25, 0.3) is 0 Å². The van der Waals surface area contributed by atoms with Gasteiger partial charge in [0.15, 0.2) is 0 Å². The van der Waals surface area contributed by atoms with Crippen LogP contribution in [0.4, 0.5) is 5.69 Å². The molecule has 0 aromatic heterocycles. The molecule has 0 bridgehead atoms. The molecule has 0 saturated carbocycles. The Morgan fingerprint density at radius 1 is 1.03 bits per heavy atom. The summed E-state index contributed by atoms with van der Waals surface area (Å²) in [5.74, 6) is 1.52. The van der Waals surface area contributed by atoms with Gasteiger partial charge >= 0.3 is 0 Å². The number of hydrogen-bond donors (Lipinski definition) is 1. The number of carbonyl (C=O) groups excluding carboxylic acids is 1. The van der Waals surface area contributed by atoms with Crippen molar-refractivity contribution in [2.24, 2.45) is 0 Å². The molecule has 8 heteroatoms. The van der Waals surface area contributed by atoms with Gasteiger partial charge in [-0.1, -0.05) is 30.3 Å². The molecule has 0 aliphatic carbocycles. The zero-order chi connectivity index (χ0) is 26.7. The van der Waals surface area contributed by atoms with E-state index in [9.17, 15) is 4.79 Å². The van der Waals surface area contributed by atoms with E-state index in [4.69, 9.17) is 24.2 Å². The molecule has 38 heavy (non-hydrogen) atoms. The van der Waals surface area contributed by atoms with Crippen molar-refractivity contribution < 1.29 is 23.7 Å². The summed E-state index contributed by atoms with van der Waals surface area (Å²) in [6, 6.07) is 24.5. The summed E-state index contributed by atoms with van der Waals surface area (Å²) in [5.41, 5.74) is 3.29. The summed E-state index contributed by atoms with van der Waals surface area (Å²) in [5, 5.41) is 12.3. The molecule has 198 valence electrons. The third kappa shape index (κ3) is 6.69. The van der Waals surface area contributed by atoms with Gasteiger partial charge in [0.05, 0.1) is 51.1 Å². The van der Waals surface area contributed by atoms with Crippen molar-refractivity contribution in [1.29, 1.82) is 5.26 Å². The van der Waals surface area contributed by atoms with Crippen LogP contribution >= 0.6 is 0 Å². The Balaban J connectivity index is 1.32. The fourth-order valence-corrected chi connectivity index (χ4v) is 4.59. The molecule has 4 rings (SSSR count). The first kappa shape index (κ1) is 27.1. The minimum atomic E-state index is -0.355. The van der Waals surface area contributed by atoms with E-state index < -0.39 is 0 Å². The summed E-state index contributed by atoms with van der Waals surface area (Å²) in [7, 11) is 3.29. The number of nitrogens with one attached hydrogen (secondary N) is 1. The lowest BCUT2D eigenvalue weighted by Gasteiger charge is -2.40. The Morgan fingerprint density at radius 3 is 2.50 bits per heavy atom. The van der Waals surface area contributed by atoms with Crippen molar-refractivity contribution in [3.8, 4) is 17.6 Å². The molecule has 1 N–H and O–H groups in total. The van der Waals surface area contributed by atoms with Gasteiger partial charge in [-0.15, -0.1) is 0 Å². The van der Waals surface area contributed by atoms with Crippen LogP contribution in [0.25, 0.3) is 0 Å². The molecule has 0 radical (unpaired) electrons. The van der Waals surface area contributed by atoms with E-state index in [1.807, 2.05) is 60.7 Å². The standard InChI is InChI=1S/C30H33N3O5/c1-35-28-7-4-3-6-24(28)21-37-16-5-17-38-26-14-12-25(13-15-26)33-27(19-32-20-29(33)34)30(36-2)23-10-8-22(18-31)9-11-23/h3-4,6-15,27,30,32H,5,16-17,19-21H2,1-2H3. The highest BCUT2D eigenvalue weighted by atomic mass is 16.5. The van der Waals surface area contributed by atoms with Crippen molar-refractivity contribution in [2.75, 3.05) is 45.4 Å². The average molecular weight is 516 g/mol. The normalized spacial score (nSPS) is 16.1. The summed E-state index contributed by atoms with van der Waals surface area (Å²) in [6.45, 7) is 2.42. The molecule has 0 spiro atoms. The van der Waals surface area contributed by atoms with Crippen LogP contribution in [0.2, 0.25) is 0 Å². The molecule has 2 atom stereocenters. The maximum atomic E-state index is 13.0. The maximum Gasteiger partial charge on any atom is 0.241 e. The Morgan fingerprint density at radius 2 is 1.79 bits per heavy atom. The highest BCUT2D eigenvalue weighted by Gasteiger charge is 2.36. The zero-order valence-corrected chi connectivity index (χ0v) is 21.8. The first-order valence-electron chi connectivity index (χ1n) is 12.6. The van der Waals surface area contributed by atoms with Gasteiger partial charge in [0.1, 0.15) is 17.6 Å². The highest BCUT2D eigenvalue weighted by Crippen LogP contribution is 2.31. The number of hydrogen-bond acceptors (Lipinski definition) is 7. The first-order chi connectivity index (χ1) is 18.6. The van der Waals surface area contributed by atoms with Crippen LogP contribution in [0.1, 0.15) is 29.2 Å². The minimum Gasteiger partial charge on any atom is -0.496 e. The lowest BCUT2D eigenvalue weighted by atomic mass is 9.97. The number of nitriles is 1. The van der Waals surface area contributed by atoms with Crippen molar-refractivity contribution in [3.63, 3.8) is 0 Å². The van der Waals surface area contributed by atoms with E-state index in [1.54, 1.807) is 31.3 Å². The molecule has 1 fully saturated rings.